The first-order valence-electron chi connectivity index (χ1n) is 7.89. The minimum Gasteiger partial charge on any atom is -0.497 e. The quantitative estimate of drug-likeness (QED) is 0.824. The SMILES string of the molecule is COc1ccc(S(=O)(=O)N2C[C@@H](N(C)C)[C@H]3OCCC[C@H]32)cc1. The van der Waals surface area contributed by atoms with E-state index in [4.69, 9.17) is 9.47 Å². The Morgan fingerprint density at radius 2 is 1.96 bits per heavy atom. The summed E-state index contributed by atoms with van der Waals surface area (Å²) in [5.41, 5.74) is 0. The van der Waals surface area contributed by atoms with Gasteiger partial charge >= 0.3 is 0 Å². The Morgan fingerprint density at radius 3 is 2.57 bits per heavy atom. The van der Waals surface area contributed by atoms with Crippen LogP contribution >= 0.6 is 0 Å². The lowest BCUT2D eigenvalue weighted by atomic mass is 10.0. The Kier molecular flexibility index (Phi) is 4.64. The van der Waals surface area contributed by atoms with Crippen LogP contribution in [0.15, 0.2) is 29.2 Å². The molecular weight excluding hydrogens is 316 g/mol. The van der Waals surface area contributed by atoms with Crippen LogP contribution in [0.5, 0.6) is 5.75 Å². The van der Waals surface area contributed by atoms with E-state index in [9.17, 15) is 8.42 Å². The summed E-state index contributed by atoms with van der Waals surface area (Å²) in [6, 6.07) is 6.59. The average molecular weight is 340 g/mol. The molecule has 0 bridgehead atoms. The monoisotopic (exact) mass is 340 g/mol. The molecule has 0 spiro atoms. The van der Waals surface area contributed by atoms with Crippen molar-refractivity contribution in [3.8, 4) is 5.75 Å². The Balaban J connectivity index is 1.91. The van der Waals surface area contributed by atoms with Crippen molar-refractivity contribution in [2.45, 2.75) is 35.9 Å². The molecule has 23 heavy (non-hydrogen) atoms. The molecule has 0 amide bonds. The number of fused-ring (bicyclic) bond motifs is 1. The summed E-state index contributed by atoms with van der Waals surface area (Å²) in [4.78, 5) is 2.37. The van der Waals surface area contributed by atoms with E-state index in [1.54, 1.807) is 35.7 Å². The Labute approximate surface area is 138 Å². The predicted octanol–water partition coefficient (Wildman–Crippen LogP) is 1.18. The molecule has 7 heteroatoms. The third-order valence-electron chi connectivity index (χ3n) is 4.78. The number of rotatable bonds is 4. The highest BCUT2D eigenvalue weighted by atomic mass is 32.2. The maximum Gasteiger partial charge on any atom is 0.243 e. The number of benzene rings is 1. The van der Waals surface area contributed by atoms with Crippen LogP contribution < -0.4 is 4.74 Å². The fourth-order valence-electron chi connectivity index (χ4n) is 3.50. The van der Waals surface area contributed by atoms with Crippen molar-refractivity contribution in [2.24, 2.45) is 0 Å². The lowest BCUT2D eigenvalue weighted by Gasteiger charge is -2.33. The molecule has 2 aliphatic rings. The van der Waals surface area contributed by atoms with E-state index in [2.05, 4.69) is 4.90 Å². The second kappa shape index (κ2) is 6.39. The molecule has 2 aliphatic heterocycles. The number of hydrogen-bond acceptors (Lipinski definition) is 5. The van der Waals surface area contributed by atoms with Crippen LogP contribution in [-0.4, -0.2) is 70.2 Å². The highest BCUT2D eigenvalue weighted by Gasteiger charge is 2.49. The largest absolute Gasteiger partial charge is 0.497 e. The minimum atomic E-state index is -3.53. The third kappa shape index (κ3) is 2.98. The van der Waals surface area contributed by atoms with Crippen LogP contribution in [0.1, 0.15) is 12.8 Å². The third-order valence-corrected chi connectivity index (χ3v) is 6.68. The maximum atomic E-state index is 13.1. The summed E-state index contributed by atoms with van der Waals surface area (Å²) in [5, 5.41) is 0. The van der Waals surface area contributed by atoms with Crippen LogP contribution in [0, 0.1) is 0 Å². The van der Waals surface area contributed by atoms with Gasteiger partial charge in [-0.2, -0.15) is 4.31 Å². The molecule has 0 radical (unpaired) electrons. The molecule has 0 aromatic heterocycles. The summed E-state index contributed by atoms with van der Waals surface area (Å²) in [6.07, 6.45) is 1.70. The predicted molar refractivity (Wildman–Crippen MR) is 87.1 cm³/mol. The zero-order valence-corrected chi connectivity index (χ0v) is 14.6. The second-order valence-electron chi connectivity index (χ2n) is 6.33. The lowest BCUT2D eigenvalue weighted by Crippen LogP contribution is -2.45. The number of hydrogen-bond donors (Lipinski definition) is 0. The molecule has 6 nitrogen and oxygen atoms in total. The van der Waals surface area contributed by atoms with Gasteiger partial charge in [-0.1, -0.05) is 0 Å². The average Bonchev–Trinajstić information content (AvgIpc) is 2.95. The van der Waals surface area contributed by atoms with E-state index in [1.165, 1.54) is 0 Å². The number of methoxy groups -OCH3 is 1. The topological polar surface area (TPSA) is 59.1 Å². The number of ether oxygens (including phenoxy) is 2. The van der Waals surface area contributed by atoms with Gasteiger partial charge in [0.2, 0.25) is 10.0 Å². The molecular formula is C16H24N2O4S. The standard InChI is InChI=1S/C16H24N2O4S/c1-17(2)15-11-18(14-5-4-10-22-16(14)15)23(19,20)13-8-6-12(21-3)7-9-13/h6-9,14-16H,4-5,10-11H2,1-3H3/t14-,15-,16+/m1/s1. The molecule has 3 rings (SSSR count). The lowest BCUT2D eigenvalue weighted by molar-refractivity contribution is -0.0266. The van der Waals surface area contributed by atoms with Gasteiger partial charge in [0.05, 0.1) is 30.2 Å². The van der Waals surface area contributed by atoms with Gasteiger partial charge in [0.15, 0.2) is 0 Å². The Bertz CT molecular complexity index is 645. The van der Waals surface area contributed by atoms with Crippen molar-refractivity contribution < 1.29 is 17.9 Å². The van der Waals surface area contributed by atoms with E-state index >= 15 is 0 Å². The molecule has 128 valence electrons. The van der Waals surface area contributed by atoms with E-state index in [0.717, 1.165) is 12.8 Å². The number of sulfonamides is 1. The van der Waals surface area contributed by atoms with Gasteiger partial charge in [-0.05, 0) is 51.2 Å². The zero-order chi connectivity index (χ0) is 16.6. The summed E-state index contributed by atoms with van der Waals surface area (Å²) < 4.78 is 38.8. The van der Waals surface area contributed by atoms with Gasteiger partial charge < -0.3 is 14.4 Å². The van der Waals surface area contributed by atoms with E-state index < -0.39 is 10.0 Å². The fraction of sp³-hybridized carbons (Fsp3) is 0.625. The molecule has 1 aromatic carbocycles. The first kappa shape index (κ1) is 16.7. The van der Waals surface area contributed by atoms with Crippen molar-refractivity contribution in [1.29, 1.82) is 0 Å². The molecule has 2 heterocycles. The van der Waals surface area contributed by atoms with Crippen molar-refractivity contribution in [3.63, 3.8) is 0 Å². The van der Waals surface area contributed by atoms with Crippen LogP contribution in [0.2, 0.25) is 0 Å². The molecule has 1 aromatic rings. The smallest absolute Gasteiger partial charge is 0.243 e. The zero-order valence-electron chi connectivity index (χ0n) is 13.8. The van der Waals surface area contributed by atoms with Crippen LogP contribution in [0.3, 0.4) is 0 Å². The minimum absolute atomic E-state index is 0.0493. The van der Waals surface area contributed by atoms with Crippen molar-refractivity contribution in [2.75, 3.05) is 34.4 Å². The van der Waals surface area contributed by atoms with E-state index in [0.29, 0.717) is 23.8 Å². The van der Waals surface area contributed by atoms with E-state index in [-0.39, 0.29) is 18.2 Å². The van der Waals surface area contributed by atoms with Crippen LogP contribution in [0.25, 0.3) is 0 Å². The van der Waals surface area contributed by atoms with Crippen molar-refractivity contribution in [3.05, 3.63) is 24.3 Å². The van der Waals surface area contributed by atoms with Crippen LogP contribution in [0.4, 0.5) is 0 Å². The normalized spacial score (nSPS) is 28.8. The van der Waals surface area contributed by atoms with Gasteiger partial charge in [-0.3, -0.25) is 0 Å². The van der Waals surface area contributed by atoms with Crippen LogP contribution in [-0.2, 0) is 14.8 Å². The molecule has 0 unspecified atom stereocenters. The highest BCUT2D eigenvalue weighted by molar-refractivity contribution is 7.89. The number of nitrogens with zero attached hydrogens (tertiary/aromatic N) is 2. The maximum absolute atomic E-state index is 13.1. The summed E-state index contributed by atoms with van der Waals surface area (Å²) in [7, 11) is 1.99. The summed E-state index contributed by atoms with van der Waals surface area (Å²) >= 11 is 0. The molecule has 0 saturated carbocycles. The molecule has 3 atom stereocenters. The second-order valence-corrected chi connectivity index (χ2v) is 8.22. The molecule has 2 saturated heterocycles. The van der Waals surface area contributed by atoms with Crippen molar-refractivity contribution in [1.82, 2.24) is 9.21 Å². The van der Waals surface area contributed by atoms with Gasteiger partial charge in [-0.25, -0.2) is 8.42 Å². The Morgan fingerprint density at radius 1 is 1.26 bits per heavy atom. The molecule has 0 N–H and O–H groups in total. The van der Waals surface area contributed by atoms with Gasteiger partial charge in [0.1, 0.15) is 5.75 Å². The van der Waals surface area contributed by atoms with Crippen molar-refractivity contribution >= 4 is 10.0 Å². The molecule has 0 aliphatic carbocycles. The number of likely N-dealkylation sites (N-methyl/N-ethyl adjacent to an activating group) is 1. The van der Waals surface area contributed by atoms with Gasteiger partial charge in [0.25, 0.3) is 0 Å². The highest BCUT2D eigenvalue weighted by Crippen LogP contribution is 2.35. The van der Waals surface area contributed by atoms with E-state index in [1.807, 2.05) is 14.1 Å². The van der Waals surface area contributed by atoms with Gasteiger partial charge in [-0.15, -0.1) is 0 Å². The summed E-state index contributed by atoms with van der Waals surface area (Å²) in [5.74, 6) is 0.649. The fourth-order valence-corrected chi connectivity index (χ4v) is 5.18. The first-order valence-corrected chi connectivity index (χ1v) is 9.33. The van der Waals surface area contributed by atoms with Gasteiger partial charge in [0, 0.05) is 13.2 Å². The Hall–Kier alpha value is -1.15. The summed E-state index contributed by atoms with van der Waals surface area (Å²) in [6.45, 7) is 1.18. The first-order chi connectivity index (χ1) is 10.9. The molecule has 2 fully saturated rings.